The second-order valence-electron chi connectivity index (χ2n) is 6.19. The first kappa shape index (κ1) is 19.8. The van der Waals surface area contributed by atoms with Crippen molar-refractivity contribution in [1.29, 1.82) is 0 Å². The molecule has 146 valence electrons. The molecule has 0 saturated heterocycles. The summed E-state index contributed by atoms with van der Waals surface area (Å²) in [6, 6.07) is 23.7. The summed E-state index contributed by atoms with van der Waals surface area (Å²) in [5.41, 5.74) is 1.48. The van der Waals surface area contributed by atoms with Gasteiger partial charge in [0.1, 0.15) is 11.5 Å². The van der Waals surface area contributed by atoms with Crippen LogP contribution in [0.2, 0.25) is 0 Å². The van der Waals surface area contributed by atoms with Gasteiger partial charge in [-0.1, -0.05) is 54.6 Å². The van der Waals surface area contributed by atoms with Gasteiger partial charge in [0.25, 0.3) is 11.8 Å². The molecule has 0 aliphatic heterocycles. The average molecular weight is 386 g/mol. The van der Waals surface area contributed by atoms with Crippen LogP contribution in [0.25, 0.3) is 6.08 Å². The molecule has 0 radical (unpaired) electrons. The van der Waals surface area contributed by atoms with E-state index >= 15 is 0 Å². The van der Waals surface area contributed by atoms with Crippen LogP contribution in [0.15, 0.2) is 90.8 Å². The second-order valence-corrected chi connectivity index (χ2v) is 6.19. The Labute approximate surface area is 169 Å². The first-order valence-electron chi connectivity index (χ1n) is 9.28. The van der Waals surface area contributed by atoms with Crippen molar-refractivity contribution in [2.24, 2.45) is 0 Å². The van der Waals surface area contributed by atoms with Crippen molar-refractivity contribution in [3.8, 4) is 0 Å². The third kappa shape index (κ3) is 6.32. The molecule has 0 aliphatic carbocycles. The average Bonchev–Trinajstić information content (AvgIpc) is 2.78. The Hall–Kier alpha value is -3.93. The van der Waals surface area contributed by atoms with Gasteiger partial charge in [0, 0.05) is 24.8 Å². The van der Waals surface area contributed by atoms with Gasteiger partial charge >= 0.3 is 0 Å². The smallest absolute Gasteiger partial charge is 0.267 e. The van der Waals surface area contributed by atoms with Crippen LogP contribution < -0.4 is 16.0 Å². The number of aromatic nitrogens is 1. The van der Waals surface area contributed by atoms with E-state index in [0.717, 1.165) is 11.4 Å². The second kappa shape index (κ2) is 10.4. The van der Waals surface area contributed by atoms with Crippen LogP contribution in [0.5, 0.6) is 0 Å². The fourth-order valence-corrected chi connectivity index (χ4v) is 2.59. The van der Waals surface area contributed by atoms with Crippen LogP contribution in [-0.2, 0) is 4.79 Å². The maximum absolute atomic E-state index is 12.7. The Morgan fingerprint density at radius 1 is 0.828 bits per heavy atom. The molecule has 0 fully saturated rings. The van der Waals surface area contributed by atoms with E-state index in [1.54, 1.807) is 36.5 Å². The van der Waals surface area contributed by atoms with E-state index < -0.39 is 0 Å². The maximum atomic E-state index is 12.7. The van der Waals surface area contributed by atoms with Crippen LogP contribution in [-0.4, -0.2) is 29.9 Å². The highest BCUT2D eigenvalue weighted by Gasteiger charge is 2.14. The van der Waals surface area contributed by atoms with Gasteiger partial charge in [-0.25, -0.2) is 4.98 Å². The molecular formula is C23H22N4O2. The summed E-state index contributed by atoms with van der Waals surface area (Å²) >= 11 is 0. The van der Waals surface area contributed by atoms with Crippen molar-refractivity contribution >= 4 is 23.7 Å². The quantitative estimate of drug-likeness (QED) is 0.410. The van der Waals surface area contributed by atoms with Gasteiger partial charge in [0.15, 0.2) is 0 Å². The lowest BCUT2D eigenvalue weighted by atomic mass is 10.1. The Morgan fingerprint density at radius 3 is 2.21 bits per heavy atom. The number of benzene rings is 2. The van der Waals surface area contributed by atoms with Crippen LogP contribution in [0.4, 0.5) is 5.82 Å². The highest BCUT2D eigenvalue weighted by Crippen LogP contribution is 2.07. The molecule has 0 unspecified atom stereocenters. The van der Waals surface area contributed by atoms with E-state index in [1.807, 2.05) is 54.6 Å². The van der Waals surface area contributed by atoms with Crippen molar-refractivity contribution < 1.29 is 9.59 Å². The van der Waals surface area contributed by atoms with E-state index in [9.17, 15) is 9.59 Å². The van der Waals surface area contributed by atoms with E-state index in [0.29, 0.717) is 18.7 Å². The van der Waals surface area contributed by atoms with E-state index in [4.69, 9.17) is 0 Å². The molecule has 0 aliphatic rings. The minimum atomic E-state index is -0.360. The molecule has 3 N–H and O–H groups in total. The van der Waals surface area contributed by atoms with Gasteiger partial charge in [-0.2, -0.15) is 0 Å². The van der Waals surface area contributed by atoms with Crippen molar-refractivity contribution in [2.75, 3.05) is 18.4 Å². The third-order valence-corrected chi connectivity index (χ3v) is 4.02. The molecule has 6 nitrogen and oxygen atoms in total. The highest BCUT2D eigenvalue weighted by molar-refractivity contribution is 6.05. The van der Waals surface area contributed by atoms with Crippen LogP contribution >= 0.6 is 0 Å². The normalized spacial score (nSPS) is 10.8. The van der Waals surface area contributed by atoms with Crippen LogP contribution in [0.3, 0.4) is 0 Å². The summed E-state index contributed by atoms with van der Waals surface area (Å²) in [6.07, 6.45) is 3.35. The Morgan fingerprint density at radius 2 is 1.52 bits per heavy atom. The van der Waals surface area contributed by atoms with Gasteiger partial charge in [-0.05, 0) is 35.9 Å². The Balaban J connectivity index is 1.64. The molecule has 0 saturated carbocycles. The van der Waals surface area contributed by atoms with Crippen molar-refractivity contribution in [3.05, 3.63) is 102 Å². The largest absolute Gasteiger partial charge is 0.368 e. The zero-order valence-corrected chi connectivity index (χ0v) is 15.8. The Kier molecular flexibility index (Phi) is 7.12. The molecule has 0 atom stereocenters. The number of nitrogens with one attached hydrogen (secondary N) is 3. The molecule has 0 bridgehead atoms. The fourth-order valence-electron chi connectivity index (χ4n) is 2.59. The first-order chi connectivity index (χ1) is 14.2. The van der Waals surface area contributed by atoms with Gasteiger partial charge in [-0.3, -0.25) is 9.59 Å². The number of amides is 2. The summed E-state index contributed by atoms with van der Waals surface area (Å²) in [6.45, 7) is 0.886. The number of carbonyl (C=O) groups is 2. The predicted octanol–water partition coefficient (Wildman–Crippen LogP) is 3.08. The number of hydrogen-bond acceptors (Lipinski definition) is 4. The summed E-state index contributed by atoms with van der Waals surface area (Å²) in [5, 5.41) is 8.66. The zero-order valence-electron chi connectivity index (χ0n) is 15.8. The lowest BCUT2D eigenvalue weighted by Gasteiger charge is -2.12. The molecule has 1 aromatic heterocycles. The van der Waals surface area contributed by atoms with Crippen molar-refractivity contribution in [2.45, 2.75) is 0 Å². The molecule has 2 amide bonds. The van der Waals surface area contributed by atoms with Gasteiger partial charge < -0.3 is 16.0 Å². The lowest BCUT2D eigenvalue weighted by Crippen LogP contribution is -2.36. The SMILES string of the molecule is O=C(NCCNc1ccccn1)/C(=C/c1ccccc1)NC(=O)c1ccccc1. The highest BCUT2D eigenvalue weighted by atomic mass is 16.2. The summed E-state index contributed by atoms with van der Waals surface area (Å²) in [5.74, 6) is 0.0367. The number of hydrogen-bond donors (Lipinski definition) is 3. The zero-order chi connectivity index (χ0) is 20.3. The monoisotopic (exact) mass is 386 g/mol. The molecule has 6 heteroatoms. The summed E-state index contributed by atoms with van der Waals surface area (Å²) in [7, 11) is 0. The number of carbonyl (C=O) groups excluding carboxylic acids is 2. The fraction of sp³-hybridized carbons (Fsp3) is 0.0870. The van der Waals surface area contributed by atoms with Crippen molar-refractivity contribution in [3.63, 3.8) is 0 Å². The first-order valence-corrected chi connectivity index (χ1v) is 9.28. The molecular weight excluding hydrogens is 364 g/mol. The molecule has 2 aromatic carbocycles. The molecule has 0 spiro atoms. The molecule has 3 aromatic rings. The number of anilines is 1. The summed E-state index contributed by atoms with van der Waals surface area (Å²) in [4.78, 5) is 29.4. The number of rotatable bonds is 8. The molecule has 29 heavy (non-hydrogen) atoms. The number of pyridine rings is 1. The Bertz CT molecular complexity index is 958. The minimum absolute atomic E-state index is 0.183. The summed E-state index contributed by atoms with van der Waals surface area (Å²) < 4.78 is 0. The van der Waals surface area contributed by atoms with Gasteiger partial charge in [-0.15, -0.1) is 0 Å². The minimum Gasteiger partial charge on any atom is -0.368 e. The lowest BCUT2D eigenvalue weighted by molar-refractivity contribution is -0.117. The topological polar surface area (TPSA) is 83.1 Å². The van der Waals surface area contributed by atoms with Crippen LogP contribution in [0.1, 0.15) is 15.9 Å². The van der Waals surface area contributed by atoms with Gasteiger partial charge in [0.05, 0.1) is 0 Å². The molecule has 1 heterocycles. The van der Waals surface area contributed by atoms with E-state index in [1.165, 1.54) is 0 Å². The standard InChI is InChI=1S/C23H22N4O2/c28-22(19-11-5-2-6-12-19)27-20(17-18-9-3-1-4-10-18)23(29)26-16-15-25-21-13-7-8-14-24-21/h1-14,17H,15-16H2,(H,24,25)(H,26,29)(H,27,28)/b20-17-. The third-order valence-electron chi connectivity index (χ3n) is 4.02. The van der Waals surface area contributed by atoms with E-state index in [2.05, 4.69) is 20.9 Å². The van der Waals surface area contributed by atoms with Crippen molar-refractivity contribution in [1.82, 2.24) is 15.6 Å². The number of nitrogens with zero attached hydrogens (tertiary/aromatic N) is 1. The van der Waals surface area contributed by atoms with Gasteiger partial charge in [0.2, 0.25) is 0 Å². The van der Waals surface area contributed by atoms with Crippen LogP contribution in [0, 0.1) is 0 Å². The van der Waals surface area contributed by atoms with E-state index in [-0.39, 0.29) is 17.5 Å². The maximum Gasteiger partial charge on any atom is 0.267 e. The molecule has 3 rings (SSSR count). The predicted molar refractivity (Wildman–Crippen MR) is 114 cm³/mol.